The third-order valence-corrected chi connectivity index (χ3v) is 3.39. The minimum Gasteiger partial charge on any atom is -0.490 e. The fourth-order valence-corrected chi connectivity index (χ4v) is 2.06. The number of rotatable bonds is 7. The number of nitrogens with zero attached hydrogens (tertiary/aromatic N) is 1. The third-order valence-electron chi connectivity index (χ3n) is 3.39. The standard InChI is InChI=1S/C17H21FN2O/c1-2-15(19)10-14-5-6-17(16(18)11-14)21-9-7-13-4-3-8-20-12-13/h3-6,8,11-12,15H,2,7,9-10,19H2,1H3. The van der Waals surface area contributed by atoms with Crippen LogP contribution in [0.5, 0.6) is 5.75 Å². The Morgan fingerprint density at radius 3 is 2.81 bits per heavy atom. The van der Waals surface area contributed by atoms with Gasteiger partial charge in [0.1, 0.15) is 0 Å². The van der Waals surface area contributed by atoms with Gasteiger partial charge < -0.3 is 10.5 Å². The highest BCUT2D eigenvalue weighted by Gasteiger charge is 2.07. The maximum absolute atomic E-state index is 14.0. The van der Waals surface area contributed by atoms with E-state index in [0.29, 0.717) is 19.4 Å². The topological polar surface area (TPSA) is 48.1 Å². The molecule has 0 amide bonds. The number of aromatic nitrogens is 1. The van der Waals surface area contributed by atoms with Crippen molar-refractivity contribution in [3.8, 4) is 5.75 Å². The first kappa shape index (κ1) is 15.4. The number of ether oxygens (including phenoxy) is 1. The number of hydrogen-bond donors (Lipinski definition) is 1. The summed E-state index contributed by atoms with van der Waals surface area (Å²) in [5, 5.41) is 0. The van der Waals surface area contributed by atoms with Crippen LogP contribution in [0.3, 0.4) is 0 Å². The van der Waals surface area contributed by atoms with Gasteiger partial charge in [0.15, 0.2) is 11.6 Å². The van der Waals surface area contributed by atoms with Crippen LogP contribution in [0.2, 0.25) is 0 Å². The molecule has 0 aliphatic rings. The summed E-state index contributed by atoms with van der Waals surface area (Å²) in [4.78, 5) is 4.03. The number of pyridine rings is 1. The molecule has 112 valence electrons. The van der Waals surface area contributed by atoms with E-state index in [0.717, 1.165) is 17.5 Å². The molecule has 2 aromatic rings. The van der Waals surface area contributed by atoms with Gasteiger partial charge in [-0.3, -0.25) is 4.98 Å². The second-order valence-electron chi connectivity index (χ2n) is 5.10. The fourth-order valence-electron chi connectivity index (χ4n) is 2.06. The lowest BCUT2D eigenvalue weighted by atomic mass is 10.0. The maximum Gasteiger partial charge on any atom is 0.165 e. The van der Waals surface area contributed by atoms with E-state index in [4.69, 9.17) is 10.5 Å². The van der Waals surface area contributed by atoms with Crippen molar-refractivity contribution in [2.24, 2.45) is 5.73 Å². The molecule has 1 unspecified atom stereocenters. The average molecular weight is 288 g/mol. The lowest BCUT2D eigenvalue weighted by molar-refractivity contribution is 0.305. The van der Waals surface area contributed by atoms with Crippen molar-refractivity contribution in [3.63, 3.8) is 0 Å². The van der Waals surface area contributed by atoms with Gasteiger partial charge in [0.05, 0.1) is 6.61 Å². The summed E-state index contributed by atoms with van der Waals surface area (Å²) in [5.41, 5.74) is 7.85. The van der Waals surface area contributed by atoms with Crippen LogP contribution in [0, 0.1) is 5.82 Å². The van der Waals surface area contributed by atoms with Crippen molar-refractivity contribution >= 4 is 0 Å². The average Bonchev–Trinajstić information content (AvgIpc) is 2.50. The van der Waals surface area contributed by atoms with E-state index >= 15 is 0 Å². The zero-order valence-electron chi connectivity index (χ0n) is 12.3. The van der Waals surface area contributed by atoms with E-state index in [9.17, 15) is 4.39 Å². The van der Waals surface area contributed by atoms with Gasteiger partial charge in [-0.05, 0) is 42.2 Å². The molecule has 3 nitrogen and oxygen atoms in total. The summed E-state index contributed by atoms with van der Waals surface area (Å²) in [5.74, 6) is -0.0466. The Balaban J connectivity index is 1.89. The molecule has 0 saturated carbocycles. The van der Waals surface area contributed by atoms with Crippen LogP contribution in [-0.2, 0) is 12.8 Å². The van der Waals surface area contributed by atoms with E-state index in [2.05, 4.69) is 4.98 Å². The highest BCUT2D eigenvalue weighted by molar-refractivity contribution is 5.30. The van der Waals surface area contributed by atoms with E-state index in [-0.39, 0.29) is 17.6 Å². The number of nitrogens with two attached hydrogens (primary N) is 1. The van der Waals surface area contributed by atoms with Crippen molar-refractivity contribution in [2.75, 3.05) is 6.61 Å². The van der Waals surface area contributed by atoms with Crippen LogP contribution in [0.4, 0.5) is 4.39 Å². The summed E-state index contributed by atoms with van der Waals surface area (Å²) < 4.78 is 19.4. The van der Waals surface area contributed by atoms with Gasteiger partial charge >= 0.3 is 0 Å². The van der Waals surface area contributed by atoms with Crippen molar-refractivity contribution in [1.82, 2.24) is 4.98 Å². The molecule has 1 atom stereocenters. The van der Waals surface area contributed by atoms with Gasteiger partial charge in [0.2, 0.25) is 0 Å². The predicted octanol–water partition coefficient (Wildman–Crippen LogP) is 3.12. The summed E-state index contributed by atoms with van der Waals surface area (Å²) >= 11 is 0. The van der Waals surface area contributed by atoms with Crippen LogP contribution >= 0.6 is 0 Å². The van der Waals surface area contributed by atoms with Crippen molar-refractivity contribution in [3.05, 3.63) is 59.7 Å². The Morgan fingerprint density at radius 2 is 2.14 bits per heavy atom. The lowest BCUT2D eigenvalue weighted by Crippen LogP contribution is -2.21. The quantitative estimate of drug-likeness (QED) is 0.851. The van der Waals surface area contributed by atoms with Gasteiger partial charge in [0, 0.05) is 24.9 Å². The Bertz CT molecular complexity index is 560. The number of benzene rings is 1. The summed E-state index contributed by atoms with van der Waals surface area (Å²) in [6.07, 6.45) is 5.78. The van der Waals surface area contributed by atoms with Gasteiger partial charge in [-0.25, -0.2) is 4.39 Å². The monoisotopic (exact) mass is 288 g/mol. The van der Waals surface area contributed by atoms with Crippen LogP contribution in [0.1, 0.15) is 24.5 Å². The predicted molar refractivity (Wildman–Crippen MR) is 81.8 cm³/mol. The molecular formula is C17H21FN2O. The highest BCUT2D eigenvalue weighted by Crippen LogP contribution is 2.19. The Labute approximate surface area is 125 Å². The van der Waals surface area contributed by atoms with Gasteiger partial charge in [-0.15, -0.1) is 0 Å². The fraction of sp³-hybridized carbons (Fsp3) is 0.353. The highest BCUT2D eigenvalue weighted by atomic mass is 19.1. The van der Waals surface area contributed by atoms with Crippen molar-refractivity contribution in [2.45, 2.75) is 32.2 Å². The minimum atomic E-state index is -0.331. The van der Waals surface area contributed by atoms with Crippen LogP contribution in [-0.4, -0.2) is 17.6 Å². The van der Waals surface area contributed by atoms with Crippen molar-refractivity contribution in [1.29, 1.82) is 0 Å². The lowest BCUT2D eigenvalue weighted by Gasteiger charge is -2.11. The first-order valence-corrected chi connectivity index (χ1v) is 7.24. The zero-order valence-corrected chi connectivity index (χ0v) is 12.3. The molecule has 4 heteroatoms. The maximum atomic E-state index is 14.0. The van der Waals surface area contributed by atoms with E-state index in [1.165, 1.54) is 6.07 Å². The molecule has 0 spiro atoms. The molecule has 0 aliphatic carbocycles. The molecule has 0 saturated heterocycles. The zero-order chi connectivity index (χ0) is 15.1. The van der Waals surface area contributed by atoms with E-state index in [1.807, 2.05) is 25.1 Å². The Hall–Kier alpha value is -1.94. The Morgan fingerprint density at radius 1 is 1.29 bits per heavy atom. The molecule has 1 heterocycles. The van der Waals surface area contributed by atoms with E-state index in [1.54, 1.807) is 18.5 Å². The van der Waals surface area contributed by atoms with Gasteiger partial charge in [-0.2, -0.15) is 0 Å². The Kier molecular flexibility index (Phi) is 5.69. The second-order valence-corrected chi connectivity index (χ2v) is 5.10. The largest absolute Gasteiger partial charge is 0.490 e. The van der Waals surface area contributed by atoms with Crippen molar-refractivity contribution < 1.29 is 9.13 Å². The third kappa shape index (κ3) is 4.83. The number of hydrogen-bond acceptors (Lipinski definition) is 3. The SMILES string of the molecule is CCC(N)Cc1ccc(OCCc2cccnc2)c(F)c1. The first-order chi connectivity index (χ1) is 10.2. The smallest absolute Gasteiger partial charge is 0.165 e. The first-order valence-electron chi connectivity index (χ1n) is 7.24. The molecule has 1 aromatic carbocycles. The molecule has 2 rings (SSSR count). The molecule has 2 N–H and O–H groups in total. The molecule has 0 bridgehead atoms. The summed E-state index contributed by atoms with van der Waals surface area (Å²) in [6.45, 7) is 2.45. The molecule has 21 heavy (non-hydrogen) atoms. The van der Waals surface area contributed by atoms with E-state index < -0.39 is 0 Å². The second kappa shape index (κ2) is 7.74. The molecular weight excluding hydrogens is 267 g/mol. The van der Waals surface area contributed by atoms with Gasteiger partial charge in [0.25, 0.3) is 0 Å². The normalized spacial score (nSPS) is 12.1. The van der Waals surface area contributed by atoms with Crippen LogP contribution < -0.4 is 10.5 Å². The minimum absolute atomic E-state index is 0.0711. The number of halogens is 1. The molecule has 1 aromatic heterocycles. The summed E-state index contributed by atoms with van der Waals surface area (Å²) in [7, 11) is 0. The molecule has 0 radical (unpaired) electrons. The van der Waals surface area contributed by atoms with Crippen LogP contribution in [0.15, 0.2) is 42.7 Å². The summed E-state index contributed by atoms with van der Waals surface area (Å²) in [6, 6.07) is 8.98. The van der Waals surface area contributed by atoms with Crippen LogP contribution in [0.25, 0.3) is 0 Å². The molecule has 0 aliphatic heterocycles. The van der Waals surface area contributed by atoms with Gasteiger partial charge in [-0.1, -0.05) is 19.1 Å². The molecule has 0 fully saturated rings.